The maximum absolute atomic E-state index is 13.6. The second kappa shape index (κ2) is 12.1. The van der Waals surface area contributed by atoms with Gasteiger partial charge in [-0.2, -0.15) is 5.26 Å². The minimum Gasteiger partial charge on any atom is -0.237 e. The Balaban J connectivity index is 0.000000278. The predicted molar refractivity (Wildman–Crippen MR) is 116 cm³/mol. The zero-order valence-corrected chi connectivity index (χ0v) is 17.6. The van der Waals surface area contributed by atoms with Crippen molar-refractivity contribution in [1.29, 1.82) is 5.26 Å². The lowest BCUT2D eigenvalue weighted by atomic mass is 10.1. The molecule has 1 atom stereocenters. The first kappa shape index (κ1) is 22.8. The van der Waals surface area contributed by atoms with Gasteiger partial charge in [-0.15, -0.1) is 0 Å². The van der Waals surface area contributed by atoms with E-state index in [1.54, 1.807) is 24.3 Å². The summed E-state index contributed by atoms with van der Waals surface area (Å²) in [7, 11) is -1.45. The number of halogens is 2. The molecule has 0 spiro atoms. The molecule has 0 bridgehead atoms. The average Bonchev–Trinajstić information content (AvgIpc) is 2.74. The van der Waals surface area contributed by atoms with E-state index in [4.69, 9.17) is 16.9 Å². The highest BCUT2D eigenvalue weighted by Gasteiger charge is 2.07. The van der Waals surface area contributed by atoms with E-state index < -0.39 is 16.8 Å². The van der Waals surface area contributed by atoms with E-state index in [0.29, 0.717) is 15.5 Å². The van der Waals surface area contributed by atoms with Crippen molar-refractivity contribution in [1.82, 2.24) is 4.72 Å². The van der Waals surface area contributed by atoms with Crippen LogP contribution in [0.25, 0.3) is 0 Å². The van der Waals surface area contributed by atoms with Crippen molar-refractivity contribution in [2.45, 2.75) is 31.2 Å². The summed E-state index contributed by atoms with van der Waals surface area (Å²) in [5.41, 5.74) is 2.05. The molecule has 0 amide bonds. The Kier molecular flexibility index (Phi) is 9.52. The van der Waals surface area contributed by atoms with Crippen LogP contribution in [0.15, 0.2) is 77.7 Å². The second-order valence-corrected chi connectivity index (χ2v) is 7.93. The second-order valence-electron chi connectivity index (χ2n) is 6.20. The molecule has 0 aliphatic rings. The van der Waals surface area contributed by atoms with Gasteiger partial charge in [-0.25, -0.2) is 13.3 Å². The number of nitriles is 1. The molecular formula is C23H22ClFN2OS. The lowest BCUT2D eigenvalue weighted by molar-refractivity contribution is 0.605. The third kappa shape index (κ3) is 7.78. The van der Waals surface area contributed by atoms with Gasteiger partial charge in [-0.05, 0) is 48.4 Å². The van der Waals surface area contributed by atoms with Crippen LogP contribution in [0.5, 0.6) is 0 Å². The number of rotatable bonds is 6. The molecule has 3 nitrogen and oxygen atoms in total. The fourth-order valence-corrected chi connectivity index (χ4v) is 3.44. The van der Waals surface area contributed by atoms with E-state index in [0.717, 1.165) is 6.07 Å². The maximum atomic E-state index is 13.6. The van der Waals surface area contributed by atoms with Gasteiger partial charge in [-0.1, -0.05) is 61.3 Å². The van der Waals surface area contributed by atoms with Crippen LogP contribution >= 0.6 is 11.6 Å². The van der Waals surface area contributed by atoms with Gasteiger partial charge in [0.05, 0.1) is 16.5 Å². The monoisotopic (exact) mass is 428 g/mol. The molecule has 6 heteroatoms. The fraction of sp³-hybridized carbons (Fsp3) is 0.174. The Morgan fingerprint density at radius 1 is 1.07 bits per heavy atom. The Morgan fingerprint density at radius 2 is 1.76 bits per heavy atom. The molecule has 0 aromatic heterocycles. The van der Waals surface area contributed by atoms with Gasteiger partial charge in [0.15, 0.2) is 0 Å². The van der Waals surface area contributed by atoms with Crippen molar-refractivity contribution in [2.75, 3.05) is 0 Å². The summed E-state index contributed by atoms with van der Waals surface area (Å²) in [5.74, 6) is -0.496. The van der Waals surface area contributed by atoms with Crippen molar-refractivity contribution in [3.63, 3.8) is 0 Å². The average molecular weight is 429 g/mol. The van der Waals surface area contributed by atoms with Crippen LogP contribution in [0, 0.1) is 17.1 Å². The SMILES string of the molecule is CCCc1ccccc1.N#Cc1ccc(CNS(=O)c2ccc(Cl)cc2)c(F)c1. The summed E-state index contributed by atoms with van der Waals surface area (Å²) in [6.45, 7) is 2.31. The zero-order chi connectivity index (χ0) is 21.1. The van der Waals surface area contributed by atoms with Gasteiger partial charge in [0.2, 0.25) is 0 Å². The van der Waals surface area contributed by atoms with Crippen LogP contribution < -0.4 is 4.72 Å². The Labute approximate surface area is 178 Å². The van der Waals surface area contributed by atoms with Gasteiger partial charge < -0.3 is 0 Å². The van der Waals surface area contributed by atoms with Crippen molar-refractivity contribution in [2.24, 2.45) is 0 Å². The predicted octanol–water partition coefficient (Wildman–Crippen LogP) is 5.80. The zero-order valence-electron chi connectivity index (χ0n) is 16.1. The highest BCUT2D eigenvalue weighted by molar-refractivity contribution is 7.83. The first-order chi connectivity index (χ1) is 14.0. The standard InChI is InChI=1S/C14H10ClFN2OS.C9H12/c15-12-3-5-13(6-4-12)20(19)18-9-11-2-1-10(8-17)7-14(11)16;1-2-6-9-7-4-3-5-8-9/h1-7,18H,9H2;3-5,7-8H,2,6H2,1H3. The maximum Gasteiger partial charge on any atom is 0.129 e. The molecule has 0 radical (unpaired) electrons. The minimum absolute atomic E-state index is 0.104. The quantitative estimate of drug-likeness (QED) is 0.539. The highest BCUT2D eigenvalue weighted by Crippen LogP contribution is 2.13. The van der Waals surface area contributed by atoms with E-state index in [-0.39, 0.29) is 12.1 Å². The number of nitrogens with zero attached hydrogens (tertiary/aromatic N) is 1. The molecule has 0 aliphatic carbocycles. The van der Waals surface area contributed by atoms with Gasteiger partial charge in [0, 0.05) is 17.1 Å². The van der Waals surface area contributed by atoms with Gasteiger partial charge >= 0.3 is 0 Å². The molecule has 0 saturated heterocycles. The normalized spacial score (nSPS) is 11.1. The minimum atomic E-state index is -1.45. The summed E-state index contributed by atoms with van der Waals surface area (Å²) in [6.07, 6.45) is 2.45. The first-order valence-corrected chi connectivity index (χ1v) is 10.7. The topological polar surface area (TPSA) is 52.9 Å². The van der Waals surface area contributed by atoms with Crippen LogP contribution in [0.1, 0.15) is 30.0 Å². The number of hydrogen-bond donors (Lipinski definition) is 1. The van der Waals surface area contributed by atoms with Crippen molar-refractivity contribution in [3.05, 3.63) is 100 Å². The Morgan fingerprint density at radius 3 is 2.34 bits per heavy atom. The molecule has 29 heavy (non-hydrogen) atoms. The molecule has 1 N–H and O–H groups in total. The van der Waals surface area contributed by atoms with E-state index >= 15 is 0 Å². The van der Waals surface area contributed by atoms with Gasteiger partial charge in [0.25, 0.3) is 0 Å². The molecule has 0 heterocycles. The molecule has 150 valence electrons. The van der Waals surface area contributed by atoms with Crippen molar-refractivity contribution in [3.8, 4) is 6.07 Å². The molecule has 1 unspecified atom stereocenters. The molecule has 3 rings (SSSR count). The summed E-state index contributed by atoms with van der Waals surface area (Å²) in [5, 5.41) is 9.21. The van der Waals surface area contributed by atoms with E-state index in [1.165, 1.54) is 30.5 Å². The van der Waals surface area contributed by atoms with Crippen LogP contribution in [-0.2, 0) is 24.0 Å². The number of hydrogen-bond acceptors (Lipinski definition) is 2. The Bertz CT molecular complexity index is 972. The largest absolute Gasteiger partial charge is 0.237 e. The van der Waals surface area contributed by atoms with Crippen molar-refractivity contribution >= 4 is 22.6 Å². The lowest BCUT2D eigenvalue weighted by Crippen LogP contribution is -2.17. The number of nitrogens with one attached hydrogen (secondary N) is 1. The summed E-state index contributed by atoms with van der Waals surface area (Å²) >= 11 is 5.74. The fourth-order valence-electron chi connectivity index (χ4n) is 2.48. The van der Waals surface area contributed by atoms with Gasteiger partial charge in [0.1, 0.15) is 16.8 Å². The Hall–Kier alpha value is -2.52. The molecule has 3 aromatic carbocycles. The van der Waals surface area contributed by atoms with E-state index in [9.17, 15) is 8.60 Å². The molecule has 0 saturated carbocycles. The van der Waals surface area contributed by atoms with E-state index in [2.05, 4.69) is 42.0 Å². The van der Waals surface area contributed by atoms with E-state index in [1.807, 2.05) is 6.07 Å². The molecule has 0 fully saturated rings. The molecular weight excluding hydrogens is 407 g/mol. The van der Waals surface area contributed by atoms with Crippen LogP contribution in [0.4, 0.5) is 4.39 Å². The third-order valence-electron chi connectivity index (χ3n) is 3.99. The van der Waals surface area contributed by atoms with Crippen LogP contribution in [0.3, 0.4) is 0 Å². The lowest BCUT2D eigenvalue weighted by Gasteiger charge is -2.06. The smallest absolute Gasteiger partial charge is 0.129 e. The first-order valence-electron chi connectivity index (χ1n) is 9.16. The summed E-state index contributed by atoms with van der Waals surface area (Å²) in [4.78, 5) is 0.559. The molecule has 3 aromatic rings. The third-order valence-corrected chi connectivity index (χ3v) is 5.34. The van der Waals surface area contributed by atoms with Crippen molar-refractivity contribution < 1.29 is 8.60 Å². The molecule has 0 aliphatic heterocycles. The van der Waals surface area contributed by atoms with Crippen LogP contribution in [-0.4, -0.2) is 4.21 Å². The van der Waals surface area contributed by atoms with Gasteiger partial charge in [-0.3, -0.25) is 0 Å². The summed E-state index contributed by atoms with van der Waals surface area (Å²) < 4.78 is 28.3. The van der Waals surface area contributed by atoms with Crippen LogP contribution in [0.2, 0.25) is 5.02 Å². The number of benzene rings is 3. The number of aryl methyl sites for hydroxylation is 1. The highest BCUT2D eigenvalue weighted by atomic mass is 35.5. The summed E-state index contributed by atoms with van der Waals surface area (Å²) in [6, 6.07) is 23.2.